The predicted molar refractivity (Wildman–Crippen MR) is 73.1 cm³/mol. The average molecular weight is 281 g/mol. The number of carbonyl (C=O) groups is 2. The van der Waals surface area contributed by atoms with Crippen LogP contribution in [0.4, 0.5) is 0 Å². The van der Waals surface area contributed by atoms with Crippen LogP contribution in [0, 0.1) is 0 Å². The van der Waals surface area contributed by atoms with Crippen molar-refractivity contribution in [3.8, 4) is 11.5 Å². The number of hydrogen-bond donors (Lipinski definition) is 2. The summed E-state index contributed by atoms with van der Waals surface area (Å²) in [4.78, 5) is 22.6. The van der Waals surface area contributed by atoms with Crippen molar-refractivity contribution in [3.05, 3.63) is 23.8 Å². The third-order valence-electron chi connectivity index (χ3n) is 2.85. The van der Waals surface area contributed by atoms with E-state index >= 15 is 0 Å². The third kappa shape index (κ3) is 4.15. The van der Waals surface area contributed by atoms with Crippen molar-refractivity contribution in [3.63, 3.8) is 0 Å². The molecular formula is C14H19NO5. The number of benzene rings is 1. The zero-order valence-corrected chi connectivity index (χ0v) is 11.8. The summed E-state index contributed by atoms with van der Waals surface area (Å²) in [5.74, 6) is -0.267. The molecule has 1 aromatic rings. The van der Waals surface area contributed by atoms with Crippen LogP contribution in [-0.2, 0) is 16.0 Å². The second kappa shape index (κ2) is 7.37. The van der Waals surface area contributed by atoms with Gasteiger partial charge in [0, 0.05) is 0 Å². The van der Waals surface area contributed by atoms with Crippen molar-refractivity contribution >= 4 is 11.9 Å². The summed E-state index contributed by atoms with van der Waals surface area (Å²) in [7, 11) is 3.04. The lowest BCUT2D eigenvalue weighted by atomic mass is 10.1. The van der Waals surface area contributed by atoms with E-state index in [1.807, 2.05) is 0 Å². The minimum absolute atomic E-state index is 0.0874. The number of aliphatic carboxylic acids is 1. The molecular weight excluding hydrogens is 262 g/mol. The standard InChI is InChI=1S/C14H19NO5/c1-4-10(14(17)18)15-13(16)8-9-5-6-11(19-2)12(7-9)20-3/h5-7,10H,4,8H2,1-3H3,(H,15,16)(H,17,18)/t10-/m1/s1. The third-order valence-corrected chi connectivity index (χ3v) is 2.85. The Balaban J connectivity index is 2.73. The minimum Gasteiger partial charge on any atom is -0.493 e. The van der Waals surface area contributed by atoms with E-state index in [2.05, 4.69) is 5.32 Å². The van der Waals surface area contributed by atoms with Gasteiger partial charge in [0.05, 0.1) is 20.6 Å². The van der Waals surface area contributed by atoms with Crippen LogP contribution in [-0.4, -0.2) is 37.2 Å². The van der Waals surface area contributed by atoms with Crippen molar-refractivity contribution in [1.82, 2.24) is 5.32 Å². The summed E-state index contributed by atoms with van der Waals surface area (Å²) >= 11 is 0. The van der Waals surface area contributed by atoms with Gasteiger partial charge in [0.15, 0.2) is 11.5 Å². The number of carboxylic acids is 1. The lowest BCUT2D eigenvalue weighted by Crippen LogP contribution is -2.40. The number of nitrogens with one attached hydrogen (secondary N) is 1. The van der Waals surface area contributed by atoms with Crippen LogP contribution in [0.5, 0.6) is 11.5 Å². The molecule has 0 radical (unpaired) electrons. The normalized spacial score (nSPS) is 11.6. The van der Waals surface area contributed by atoms with Crippen molar-refractivity contribution in [2.75, 3.05) is 14.2 Å². The van der Waals surface area contributed by atoms with Gasteiger partial charge in [-0.1, -0.05) is 13.0 Å². The van der Waals surface area contributed by atoms with E-state index < -0.39 is 12.0 Å². The first-order valence-electron chi connectivity index (χ1n) is 6.24. The van der Waals surface area contributed by atoms with Crippen LogP contribution in [0.1, 0.15) is 18.9 Å². The first kappa shape index (κ1) is 15.8. The Bertz CT molecular complexity index is 486. The summed E-state index contributed by atoms with van der Waals surface area (Å²) in [5.41, 5.74) is 0.723. The van der Waals surface area contributed by atoms with Crippen molar-refractivity contribution < 1.29 is 24.2 Å². The summed E-state index contributed by atoms with van der Waals surface area (Å²) in [6.07, 6.45) is 0.428. The maximum absolute atomic E-state index is 11.8. The Labute approximate surface area is 117 Å². The van der Waals surface area contributed by atoms with Crippen LogP contribution in [0.15, 0.2) is 18.2 Å². The monoisotopic (exact) mass is 281 g/mol. The Hall–Kier alpha value is -2.24. The highest BCUT2D eigenvalue weighted by Gasteiger charge is 2.17. The molecule has 110 valence electrons. The van der Waals surface area contributed by atoms with Crippen molar-refractivity contribution in [2.45, 2.75) is 25.8 Å². The van der Waals surface area contributed by atoms with Gasteiger partial charge in [0.25, 0.3) is 0 Å². The Kier molecular flexibility index (Phi) is 5.83. The van der Waals surface area contributed by atoms with E-state index in [1.54, 1.807) is 25.1 Å². The average Bonchev–Trinajstić information content (AvgIpc) is 2.44. The quantitative estimate of drug-likeness (QED) is 0.785. The number of methoxy groups -OCH3 is 2. The van der Waals surface area contributed by atoms with E-state index in [4.69, 9.17) is 14.6 Å². The molecule has 1 amide bonds. The molecule has 1 aromatic carbocycles. The van der Waals surface area contributed by atoms with Gasteiger partial charge in [-0.15, -0.1) is 0 Å². The van der Waals surface area contributed by atoms with Gasteiger partial charge in [0.1, 0.15) is 6.04 Å². The molecule has 0 saturated carbocycles. The molecule has 0 unspecified atom stereocenters. The largest absolute Gasteiger partial charge is 0.493 e. The second-order valence-electron chi connectivity index (χ2n) is 4.23. The molecule has 0 bridgehead atoms. The molecule has 6 heteroatoms. The van der Waals surface area contributed by atoms with Crippen LogP contribution >= 0.6 is 0 Å². The maximum atomic E-state index is 11.8. The van der Waals surface area contributed by atoms with E-state index in [0.29, 0.717) is 17.9 Å². The molecule has 0 aliphatic heterocycles. The van der Waals surface area contributed by atoms with Gasteiger partial charge in [-0.25, -0.2) is 4.79 Å². The summed E-state index contributed by atoms with van der Waals surface area (Å²) in [5, 5.41) is 11.4. The molecule has 0 spiro atoms. The fraction of sp³-hybridized carbons (Fsp3) is 0.429. The van der Waals surface area contributed by atoms with Crippen LogP contribution < -0.4 is 14.8 Å². The molecule has 0 aliphatic rings. The van der Waals surface area contributed by atoms with Crippen molar-refractivity contribution in [2.24, 2.45) is 0 Å². The topological polar surface area (TPSA) is 84.9 Å². The molecule has 2 N–H and O–H groups in total. The summed E-state index contributed by atoms with van der Waals surface area (Å²) in [6.45, 7) is 1.70. The Morgan fingerprint density at radius 2 is 1.90 bits per heavy atom. The van der Waals surface area contributed by atoms with Gasteiger partial charge in [-0.3, -0.25) is 4.79 Å². The number of amides is 1. The van der Waals surface area contributed by atoms with E-state index in [0.717, 1.165) is 5.56 Å². The number of hydrogen-bond acceptors (Lipinski definition) is 4. The predicted octanol–water partition coefficient (Wildman–Crippen LogP) is 1.23. The lowest BCUT2D eigenvalue weighted by molar-refractivity contribution is -0.141. The maximum Gasteiger partial charge on any atom is 0.326 e. The zero-order chi connectivity index (χ0) is 15.1. The molecule has 0 aromatic heterocycles. The summed E-state index contributed by atoms with van der Waals surface area (Å²) < 4.78 is 10.3. The van der Waals surface area contributed by atoms with Gasteiger partial charge in [-0.05, 0) is 24.1 Å². The SMILES string of the molecule is CC[C@@H](NC(=O)Cc1ccc(OC)c(OC)c1)C(=O)O. The fourth-order valence-corrected chi connectivity index (χ4v) is 1.76. The van der Waals surface area contributed by atoms with Crippen LogP contribution in [0.2, 0.25) is 0 Å². The molecule has 0 aliphatic carbocycles. The molecule has 0 saturated heterocycles. The first-order chi connectivity index (χ1) is 9.51. The second-order valence-corrected chi connectivity index (χ2v) is 4.23. The van der Waals surface area contributed by atoms with E-state index in [1.165, 1.54) is 14.2 Å². The molecule has 20 heavy (non-hydrogen) atoms. The lowest BCUT2D eigenvalue weighted by Gasteiger charge is -2.13. The molecule has 1 rings (SSSR count). The van der Waals surface area contributed by atoms with E-state index in [9.17, 15) is 9.59 Å². The molecule has 1 atom stereocenters. The molecule has 0 fully saturated rings. The number of ether oxygens (including phenoxy) is 2. The number of rotatable bonds is 7. The highest BCUT2D eigenvalue weighted by molar-refractivity contribution is 5.84. The van der Waals surface area contributed by atoms with Gasteiger partial charge in [0.2, 0.25) is 5.91 Å². The van der Waals surface area contributed by atoms with Crippen LogP contribution in [0.3, 0.4) is 0 Å². The molecule has 0 heterocycles. The number of carbonyl (C=O) groups excluding carboxylic acids is 1. The van der Waals surface area contributed by atoms with E-state index in [-0.39, 0.29) is 12.3 Å². The minimum atomic E-state index is -1.03. The Morgan fingerprint density at radius 1 is 1.25 bits per heavy atom. The van der Waals surface area contributed by atoms with Crippen molar-refractivity contribution in [1.29, 1.82) is 0 Å². The smallest absolute Gasteiger partial charge is 0.326 e. The zero-order valence-electron chi connectivity index (χ0n) is 11.8. The number of carboxylic acid groups (broad SMARTS) is 1. The fourth-order valence-electron chi connectivity index (χ4n) is 1.76. The van der Waals surface area contributed by atoms with Gasteiger partial charge < -0.3 is 19.9 Å². The molecule has 6 nitrogen and oxygen atoms in total. The van der Waals surface area contributed by atoms with Gasteiger partial charge >= 0.3 is 5.97 Å². The Morgan fingerprint density at radius 3 is 2.40 bits per heavy atom. The first-order valence-corrected chi connectivity index (χ1v) is 6.24. The highest BCUT2D eigenvalue weighted by atomic mass is 16.5. The van der Waals surface area contributed by atoms with Crippen LogP contribution in [0.25, 0.3) is 0 Å². The van der Waals surface area contributed by atoms with Gasteiger partial charge in [-0.2, -0.15) is 0 Å². The summed E-state index contributed by atoms with van der Waals surface area (Å²) in [6, 6.07) is 4.28. The highest BCUT2D eigenvalue weighted by Crippen LogP contribution is 2.27.